The zero-order valence-corrected chi connectivity index (χ0v) is 15.7. The van der Waals surface area contributed by atoms with Gasteiger partial charge in [-0.25, -0.2) is 19.3 Å². The Hall–Kier alpha value is -2.80. The summed E-state index contributed by atoms with van der Waals surface area (Å²) >= 11 is 1.55. The second kappa shape index (κ2) is 6.13. The number of nitrogens with zero attached hydrogens (tertiary/aromatic N) is 3. The van der Waals surface area contributed by atoms with E-state index in [0.717, 1.165) is 37.4 Å². The zero-order valence-electron chi connectivity index (χ0n) is 14.9. The summed E-state index contributed by atoms with van der Waals surface area (Å²) in [7, 11) is 0. The van der Waals surface area contributed by atoms with Gasteiger partial charge in [-0.05, 0) is 31.5 Å². The van der Waals surface area contributed by atoms with Crippen molar-refractivity contribution in [3.05, 3.63) is 41.3 Å². The van der Waals surface area contributed by atoms with E-state index in [2.05, 4.69) is 9.97 Å². The van der Waals surface area contributed by atoms with Gasteiger partial charge in [0.2, 0.25) is 5.88 Å². The minimum Gasteiger partial charge on any atom is -0.490 e. The molecule has 0 bridgehead atoms. The number of thiazole rings is 1. The number of hydrogen-bond donors (Lipinski definition) is 0. The Morgan fingerprint density at radius 3 is 2.96 bits per heavy atom. The summed E-state index contributed by atoms with van der Waals surface area (Å²) in [6.07, 6.45) is 2.33. The SMILES string of the molecule is CCOc1cnc2c(-c3nc4cc(F)c5c(c4s3)CCO5)cc(C)cc2n1. The Labute approximate surface area is 158 Å². The molecule has 0 radical (unpaired) electrons. The first-order valence-electron chi connectivity index (χ1n) is 8.79. The van der Waals surface area contributed by atoms with E-state index in [1.54, 1.807) is 17.5 Å². The highest BCUT2D eigenvalue weighted by atomic mass is 32.1. The van der Waals surface area contributed by atoms with Crippen molar-refractivity contribution in [2.75, 3.05) is 13.2 Å². The highest BCUT2D eigenvalue weighted by molar-refractivity contribution is 7.22. The Morgan fingerprint density at radius 2 is 2.11 bits per heavy atom. The van der Waals surface area contributed by atoms with Gasteiger partial charge in [0.1, 0.15) is 5.01 Å². The van der Waals surface area contributed by atoms with E-state index in [9.17, 15) is 4.39 Å². The fraction of sp³-hybridized carbons (Fsp3) is 0.250. The number of halogens is 1. The molecule has 5 nitrogen and oxygen atoms in total. The molecule has 0 spiro atoms. The lowest BCUT2D eigenvalue weighted by Gasteiger charge is -2.07. The maximum absolute atomic E-state index is 14.3. The number of fused-ring (bicyclic) bond motifs is 4. The molecular weight excluding hydrogens is 365 g/mol. The molecule has 0 unspecified atom stereocenters. The summed E-state index contributed by atoms with van der Waals surface area (Å²) in [5, 5.41) is 0.803. The molecule has 1 aliphatic heterocycles. The van der Waals surface area contributed by atoms with Crippen LogP contribution in [0.2, 0.25) is 0 Å². The summed E-state index contributed by atoms with van der Waals surface area (Å²) in [5.41, 5.74) is 5.04. The predicted octanol–water partition coefficient (Wildman–Crippen LogP) is 4.69. The third kappa shape index (κ3) is 2.61. The van der Waals surface area contributed by atoms with Gasteiger partial charge in [-0.3, -0.25) is 0 Å². The Balaban J connectivity index is 1.73. The maximum Gasteiger partial charge on any atom is 0.232 e. The summed E-state index contributed by atoms with van der Waals surface area (Å²) < 4.78 is 26.2. The van der Waals surface area contributed by atoms with Crippen LogP contribution in [0.3, 0.4) is 0 Å². The summed E-state index contributed by atoms with van der Waals surface area (Å²) in [6, 6.07) is 5.48. The van der Waals surface area contributed by atoms with E-state index in [-0.39, 0.29) is 5.82 Å². The van der Waals surface area contributed by atoms with Gasteiger partial charge in [0, 0.05) is 23.6 Å². The second-order valence-electron chi connectivity index (χ2n) is 6.45. The first kappa shape index (κ1) is 16.4. The molecule has 1 aliphatic rings. The molecule has 136 valence electrons. The molecule has 2 aromatic heterocycles. The average molecular weight is 381 g/mol. The zero-order chi connectivity index (χ0) is 18.5. The molecule has 0 atom stereocenters. The number of hydrogen-bond acceptors (Lipinski definition) is 6. The van der Waals surface area contributed by atoms with Crippen LogP contribution in [-0.2, 0) is 6.42 Å². The molecule has 2 aromatic carbocycles. The fourth-order valence-electron chi connectivity index (χ4n) is 3.46. The van der Waals surface area contributed by atoms with Crippen molar-refractivity contribution in [3.8, 4) is 22.2 Å². The van der Waals surface area contributed by atoms with E-state index in [4.69, 9.17) is 14.5 Å². The van der Waals surface area contributed by atoms with Crippen molar-refractivity contribution >= 4 is 32.6 Å². The van der Waals surface area contributed by atoms with Crippen LogP contribution in [0.1, 0.15) is 18.1 Å². The number of rotatable bonds is 3. The molecule has 0 amide bonds. The minimum absolute atomic E-state index is 0.345. The van der Waals surface area contributed by atoms with Crippen molar-refractivity contribution in [1.82, 2.24) is 15.0 Å². The van der Waals surface area contributed by atoms with Crippen LogP contribution >= 0.6 is 11.3 Å². The van der Waals surface area contributed by atoms with Crippen molar-refractivity contribution in [3.63, 3.8) is 0 Å². The molecule has 0 saturated heterocycles. The molecular formula is C20H16FN3O2S. The third-order valence-corrected chi connectivity index (χ3v) is 5.74. The number of ether oxygens (including phenoxy) is 2. The summed E-state index contributed by atoms with van der Waals surface area (Å²) in [4.78, 5) is 13.8. The van der Waals surface area contributed by atoms with E-state index < -0.39 is 0 Å². The quantitative estimate of drug-likeness (QED) is 0.515. The van der Waals surface area contributed by atoms with Crippen molar-refractivity contribution < 1.29 is 13.9 Å². The smallest absolute Gasteiger partial charge is 0.232 e. The number of benzene rings is 2. The van der Waals surface area contributed by atoms with Gasteiger partial charge < -0.3 is 9.47 Å². The second-order valence-corrected chi connectivity index (χ2v) is 7.45. The van der Waals surface area contributed by atoms with Crippen LogP contribution in [0, 0.1) is 12.7 Å². The Kier molecular flexibility index (Phi) is 3.72. The highest BCUT2D eigenvalue weighted by Crippen LogP contribution is 2.41. The van der Waals surface area contributed by atoms with E-state index in [1.165, 1.54) is 6.07 Å². The summed E-state index contributed by atoms with van der Waals surface area (Å²) in [6.45, 7) is 4.97. The van der Waals surface area contributed by atoms with Gasteiger partial charge in [0.15, 0.2) is 11.6 Å². The van der Waals surface area contributed by atoms with Crippen LogP contribution in [0.4, 0.5) is 4.39 Å². The predicted molar refractivity (Wildman–Crippen MR) is 103 cm³/mol. The van der Waals surface area contributed by atoms with Gasteiger partial charge >= 0.3 is 0 Å². The molecule has 0 N–H and O–H groups in total. The van der Waals surface area contributed by atoms with Crippen LogP contribution < -0.4 is 9.47 Å². The van der Waals surface area contributed by atoms with Crippen LogP contribution in [0.15, 0.2) is 24.4 Å². The number of aromatic nitrogens is 3. The standard InChI is InChI=1S/C20H16FN3O2S/c1-3-25-16-9-22-17-12(6-10(2)7-14(17)23-16)20-24-15-8-13(21)18-11(4-5-26-18)19(15)27-20/h6-9H,3-5H2,1-2H3. The van der Waals surface area contributed by atoms with Crippen LogP contribution in [0.25, 0.3) is 31.8 Å². The Bertz CT molecular complexity index is 1210. The van der Waals surface area contributed by atoms with E-state index in [1.807, 2.05) is 26.0 Å². The average Bonchev–Trinajstić information content (AvgIpc) is 3.28. The van der Waals surface area contributed by atoms with Crippen molar-refractivity contribution in [2.45, 2.75) is 20.3 Å². The normalized spacial score (nSPS) is 13.1. The summed E-state index contributed by atoms with van der Waals surface area (Å²) in [5.74, 6) is 0.526. The van der Waals surface area contributed by atoms with Gasteiger partial charge in [-0.1, -0.05) is 0 Å². The minimum atomic E-state index is -0.345. The fourth-order valence-corrected chi connectivity index (χ4v) is 4.59. The molecule has 27 heavy (non-hydrogen) atoms. The molecule has 0 saturated carbocycles. The molecule has 7 heteroatoms. The van der Waals surface area contributed by atoms with E-state index >= 15 is 0 Å². The largest absolute Gasteiger partial charge is 0.490 e. The van der Waals surface area contributed by atoms with Crippen LogP contribution in [-0.4, -0.2) is 28.2 Å². The van der Waals surface area contributed by atoms with Gasteiger partial charge in [0.25, 0.3) is 0 Å². The molecule has 3 heterocycles. The van der Waals surface area contributed by atoms with Crippen molar-refractivity contribution in [2.24, 2.45) is 0 Å². The number of aryl methyl sites for hydroxylation is 1. The molecule has 4 aromatic rings. The molecule has 0 fully saturated rings. The van der Waals surface area contributed by atoms with Crippen molar-refractivity contribution in [1.29, 1.82) is 0 Å². The molecule has 0 aliphatic carbocycles. The first-order chi connectivity index (χ1) is 13.1. The maximum atomic E-state index is 14.3. The lowest BCUT2D eigenvalue weighted by Crippen LogP contribution is -1.97. The monoisotopic (exact) mass is 381 g/mol. The Morgan fingerprint density at radius 1 is 1.22 bits per heavy atom. The lowest BCUT2D eigenvalue weighted by atomic mass is 10.1. The topological polar surface area (TPSA) is 57.1 Å². The van der Waals surface area contributed by atoms with Gasteiger partial charge in [0.05, 0.1) is 40.7 Å². The van der Waals surface area contributed by atoms with Gasteiger partial charge in [-0.2, -0.15) is 0 Å². The highest BCUT2D eigenvalue weighted by Gasteiger charge is 2.23. The lowest BCUT2D eigenvalue weighted by molar-refractivity contribution is 0.327. The van der Waals surface area contributed by atoms with Gasteiger partial charge in [-0.15, -0.1) is 11.3 Å². The van der Waals surface area contributed by atoms with Crippen LogP contribution in [0.5, 0.6) is 11.6 Å². The third-order valence-electron chi connectivity index (χ3n) is 4.57. The molecule has 5 rings (SSSR count). The first-order valence-corrected chi connectivity index (χ1v) is 9.61. The van der Waals surface area contributed by atoms with E-state index in [0.29, 0.717) is 36.8 Å².